The van der Waals surface area contributed by atoms with E-state index < -0.39 is 0 Å². The monoisotopic (exact) mass is 730 g/mol. The lowest BCUT2D eigenvalue weighted by Crippen LogP contribution is -2.00. The molecule has 0 aliphatic heterocycles. The Kier molecular flexibility index (Phi) is 6.83. The normalized spacial score (nSPS) is 11.9. The van der Waals surface area contributed by atoms with Gasteiger partial charge in [0.05, 0.1) is 16.7 Å². The molecule has 0 unspecified atom stereocenters. The van der Waals surface area contributed by atoms with Crippen LogP contribution in [0.15, 0.2) is 191 Å². The first-order valence-electron chi connectivity index (χ1n) is 19.0. The SMILES string of the molecule is c1ccc(-c2ccccc2-n2c3ccccc3c3cc(-c4nc(-c5ccc6c(c5)oc5ccccc56)nc(-c5ccc6oc7ccccc7c6c5)n4)ccc32)cc1. The highest BCUT2D eigenvalue weighted by Gasteiger charge is 2.19. The zero-order chi connectivity index (χ0) is 37.5. The van der Waals surface area contributed by atoms with E-state index in [0.717, 1.165) is 88.1 Å². The molecule has 0 saturated heterocycles. The van der Waals surface area contributed by atoms with Gasteiger partial charge in [-0.05, 0) is 78.4 Å². The van der Waals surface area contributed by atoms with Crippen molar-refractivity contribution in [3.63, 3.8) is 0 Å². The number of nitrogens with zero attached hydrogens (tertiary/aromatic N) is 4. The Hall–Kier alpha value is -7.83. The van der Waals surface area contributed by atoms with Crippen LogP contribution in [0.25, 0.3) is 117 Å². The molecule has 0 radical (unpaired) electrons. The number of fused-ring (bicyclic) bond motifs is 9. The molecule has 12 rings (SSSR count). The summed E-state index contributed by atoms with van der Waals surface area (Å²) < 4.78 is 14.8. The molecule has 6 nitrogen and oxygen atoms in total. The van der Waals surface area contributed by atoms with Crippen LogP contribution < -0.4 is 0 Å². The van der Waals surface area contributed by atoms with Crippen LogP contribution in [0.1, 0.15) is 0 Å². The van der Waals surface area contributed by atoms with E-state index in [9.17, 15) is 0 Å². The van der Waals surface area contributed by atoms with Crippen LogP contribution in [0.4, 0.5) is 0 Å². The van der Waals surface area contributed by atoms with E-state index in [-0.39, 0.29) is 0 Å². The van der Waals surface area contributed by atoms with Crippen LogP contribution in [-0.4, -0.2) is 19.5 Å². The van der Waals surface area contributed by atoms with Crippen molar-refractivity contribution in [3.8, 4) is 51.0 Å². The fourth-order valence-electron chi connectivity index (χ4n) is 8.40. The first-order valence-corrected chi connectivity index (χ1v) is 19.0. The molecule has 0 saturated carbocycles. The van der Waals surface area contributed by atoms with Crippen molar-refractivity contribution < 1.29 is 8.83 Å². The summed E-state index contributed by atoms with van der Waals surface area (Å²) in [6.45, 7) is 0. The maximum Gasteiger partial charge on any atom is 0.164 e. The van der Waals surface area contributed by atoms with E-state index in [4.69, 9.17) is 23.8 Å². The lowest BCUT2D eigenvalue weighted by Gasteiger charge is -2.14. The van der Waals surface area contributed by atoms with E-state index in [1.54, 1.807) is 0 Å². The number of rotatable bonds is 5. The van der Waals surface area contributed by atoms with Crippen molar-refractivity contribution in [2.75, 3.05) is 0 Å². The molecule has 8 aromatic carbocycles. The molecule has 266 valence electrons. The zero-order valence-corrected chi connectivity index (χ0v) is 30.4. The van der Waals surface area contributed by atoms with Gasteiger partial charge in [-0.15, -0.1) is 0 Å². The van der Waals surface area contributed by atoms with Gasteiger partial charge < -0.3 is 13.4 Å². The Balaban J connectivity index is 1.07. The first kappa shape index (κ1) is 31.5. The van der Waals surface area contributed by atoms with Crippen LogP contribution in [-0.2, 0) is 0 Å². The van der Waals surface area contributed by atoms with Gasteiger partial charge in [0.2, 0.25) is 0 Å². The smallest absolute Gasteiger partial charge is 0.164 e. The Labute approximate surface area is 325 Å². The van der Waals surface area contributed by atoms with Crippen LogP contribution in [0.2, 0.25) is 0 Å². The van der Waals surface area contributed by atoms with Crippen LogP contribution in [0.3, 0.4) is 0 Å². The summed E-state index contributed by atoms with van der Waals surface area (Å²) in [7, 11) is 0. The summed E-state index contributed by atoms with van der Waals surface area (Å²) in [6, 6.07) is 62.9. The predicted molar refractivity (Wildman–Crippen MR) is 230 cm³/mol. The third kappa shape index (κ3) is 5.01. The van der Waals surface area contributed by atoms with E-state index in [1.165, 1.54) is 11.1 Å². The molecule has 0 amide bonds. The van der Waals surface area contributed by atoms with Gasteiger partial charge in [-0.25, -0.2) is 15.0 Å². The summed E-state index contributed by atoms with van der Waals surface area (Å²) in [5, 5.41) is 6.46. The van der Waals surface area contributed by atoms with Gasteiger partial charge >= 0.3 is 0 Å². The van der Waals surface area contributed by atoms with E-state index in [2.05, 4.69) is 132 Å². The van der Waals surface area contributed by atoms with Crippen molar-refractivity contribution in [1.29, 1.82) is 0 Å². The van der Waals surface area contributed by atoms with Gasteiger partial charge in [-0.3, -0.25) is 0 Å². The maximum atomic E-state index is 6.31. The zero-order valence-electron chi connectivity index (χ0n) is 30.4. The number of benzene rings is 8. The largest absolute Gasteiger partial charge is 0.456 e. The summed E-state index contributed by atoms with van der Waals surface area (Å²) in [5.74, 6) is 1.72. The number of furan rings is 2. The molecule has 4 heterocycles. The highest BCUT2D eigenvalue weighted by Crippen LogP contribution is 2.39. The van der Waals surface area contributed by atoms with Crippen LogP contribution >= 0.6 is 0 Å². The molecule has 4 aromatic heterocycles. The van der Waals surface area contributed by atoms with Gasteiger partial charge in [0.15, 0.2) is 17.5 Å². The summed E-state index contributed by atoms with van der Waals surface area (Å²) in [4.78, 5) is 15.5. The molecule has 0 aliphatic carbocycles. The predicted octanol–water partition coefficient (Wildman–Crippen LogP) is 13.4. The second-order valence-corrected chi connectivity index (χ2v) is 14.4. The number of para-hydroxylation sites is 4. The van der Waals surface area contributed by atoms with Crippen molar-refractivity contribution >= 4 is 65.7 Å². The summed E-state index contributed by atoms with van der Waals surface area (Å²) in [6.07, 6.45) is 0. The van der Waals surface area contributed by atoms with Crippen LogP contribution in [0.5, 0.6) is 0 Å². The number of aromatic nitrogens is 4. The van der Waals surface area contributed by atoms with Crippen molar-refractivity contribution in [3.05, 3.63) is 182 Å². The molecule has 0 fully saturated rings. The van der Waals surface area contributed by atoms with E-state index in [1.807, 2.05) is 54.6 Å². The van der Waals surface area contributed by atoms with Gasteiger partial charge in [0.1, 0.15) is 22.3 Å². The van der Waals surface area contributed by atoms with E-state index >= 15 is 0 Å². The molecule has 57 heavy (non-hydrogen) atoms. The van der Waals surface area contributed by atoms with Gasteiger partial charge in [-0.1, -0.05) is 109 Å². The Morgan fingerprint density at radius 2 is 0.825 bits per heavy atom. The molecule has 6 heteroatoms. The van der Waals surface area contributed by atoms with Gasteiger partial charge in [0, 0.05) is 54.6 Å². The minimum absolute atomic E-state index is 0.564. The quantitative estimate of drug-likeness (QED) is 0.176. The summed E-state index contributed by atoms with van der Waals surface area (Å²) in [5.41, 5.74) is 11.6. The fraction of sp³-hybridized carbons (Fsp3) is 0. The first-order chi connectivity index (χ1) is 28.2. The Bertz CT molecular complexity index is 3540. The molecule has 0 bridgehead atoms. The molecule has 0 N–H and O–H groups in total. The molecular formula is C51H30N4O2. The average Bonchev–Trinajstić information content (AvgIpc) is 3.95. The van der Waals surface area contributed by atoms with Crippen molar-refractivity contribution in [2.45, 2.75) is 0 Å². The minimum atomic E-state index is 0.564. The Morgan fingerprint density at radius 1 is 0.316 bits per heavy atom. The standard InChI is InChI=1S/C51H30N4O2/c1-2-12-31(13-3-1)35-14-4-8-18-42(35)55-43-19-9-5-15-36(43)40-28-32(23-26-44(40)55)49-52-50(33-24-27-47-41(29-33)38-17-7-11-21-46(38)56-47)54-51(53-49)34-22-25-39-37-16-6-10-20-45(37)57-48(39)30-34/h1-30H. The minimum Gasteiger partial charge on any atom is -0.456 e. The lowest BCUT2D eigenvalue weighted by molar-refractivity contribution is 0.668. The second kappa shape index (κ2) is 12.3. The molecular weight excluding hydrogens is 701 g/mol. The topological polar surface area (TPSA) is 69.9 Å². The third-order valence-corrected chi connectivity index (χ3v) is 11.1. The third-order valence-electron chi connectivity index (χ3n) is 11.1. The average molecular weight is 731 g/mol. The highest BCUT2D eigenvalue weighted by molar-refractivity contribution is 6.11. The van der Waals surface area contributed by atoms with Gasteiger partial charge in [-0.2, -0.15) is 0 Å². The van der Waals surface area contributed by atoms with E-state index in [0.29, 0.717) is 17.5 Å². The highest BCUT2D eigenvalue weighted by atomic mass is 16.3. The lowest BCUT2D eigenvalue weighted by atomic mass is 10.0. The second-order valence-electron chi connectivity index (χ2n) is 14.4. The van der Waals surface area contributed by atoms with Crippen molar-refractivity contribution in [1.82, 2.24) is 19.5 Å². The molecule has 0 aliphatic rings. The Morgan fingerprint density at radius 3 is 1.60 bits per heavy atom. The van der Waals surface area contributed by atoms with Crippen LogP contribution in [0, 0.1) is 0 Å². The maximum absolute atomic E-state index is 6.31. The van der Waals surface area contributed by atoms with Crippen molar-refractivity contribution in [2.24, 2.45) is 0 Å². The molecule has 0 atom stereocenters. The fourth-order valence-corrected chi connectivity index (χ4v) is 8.40. The molecule has 0 spiro atoms. The molecule has 12 aromatic rings. The van der Waals surface area contributed by atoms with Gasteiger partial charge in [0.25, 0.3) is 0 Å². The summed E-state index contributed by atoms with van der Waals surface area (Å²) >= 11 is 0. The number of hydrogen-bond acceptors (Lipinski definition) is 5. The number of hydrogen-bond donors (Lipinski definition) is 0.